The van der Waals surface area contributed by atoms with E-state index in [1.54, 1.807) is 0 Å². The van der Waals surface area contributed by atoms with Crippen LogP contribution in [0.3, 0.4) is 0 Å². The van der Waals surface area contributed by atoms with Gasteiger partial charge in [-0.3, -0.25) is 4.79 Å². The highest BCUT2D eigenvalue weighted by Gasteiger charge is 2.29. The molecule has 1 saturated heterocycles. The first kappa shape index (κ1) is 20.1. The van der Waals surface area contributed by atoms with Gasteiger partial charge in [0.15, 0.2) is 0 Å². The summed E-state index contributed by atoms with van der Waals surface area (Å²) >= 11 is 0. The Morgan fingerprint density at radius 3 is 2.97 bits per heavy atom. The zero-order chi connectivity index (χ0) is 21.1. The van der Waals surface area contributed by atoms with Gasteiger partial charge in [-0.2, -0.15) is 4.98 Å². The maximum Gasteiger partial charge on any atom is 0.263 e. The van der Waals surface area contributed by atoms with Crippen molar-refractivity contribution in [3.63, 3.8) is 0 Å². The third kappa shape index (κ3) is 4.08. The van der Waals surface area contributed by atoms with Crippen LogP contribution in [0.2, 0.25) is 0 Å². The molecular formula is C22H27N5O3. The summed E-state index contributed by atoms with van der Waals surface area (Å²) in [6.45, 7) is 8.17. The van der Waals surface area contributed by atoms with E-state index in [2.05, 4.69) is 25.3 Å². The lowest BCUT2D eigenvalue weighted by Crippen LogP contribution is -2.43. The minimum Gasteiger partial charge on any atom is -0.494 e. The number of benzene rings is 1. The average molecular weight is 409 g/mol. The molecule has 0 bridgehead atoms. The van der Waals surface area contributed by atoms with Gasteiger partial charge in [0.05, 0.1) is 18.2 Å². The maximum absolute atomic E-state index is 12.9. The number of fused-ring (bicyclic) bond motifs is 1. The van der Waals surface area contributed by atoms with E-state index in [1.165, 1.54) is 0 Å². The Bertz CT molecular complexity index is 1050. The molecule has 1 atom stereocenters. The molecule has 1 N–H and O–H groups in total. The molecular weight excluding hydrogens is 382 g/mol. The van der Waals surface area contributed by atoms with Crippen molar-refractivity contribution in [1.29, 1.82) is 0 Å². The lowest BCUT2D eigenvalue weighted by atomic mass is 9.96. The van der Waals surface area contributed by atoms with Crippen LogP contribution in [0.25, 0.3) is 11.1 Å². The number of carbonyl (C=O) groups excluding carboxylic acids is 1. The monoisotopic (exact) mass is 409 g/mol. The highest BCUT2D eigenvalue weighted by atomic mass is 16.5. The van der Waals surface area contributed by atoms with Crippen LogP contribution in [0.15, 0.2) is 28.8 Å². The van der Waals surface area contributed by atoms with Crippen LogP contribution in [0.1, 0.15) is 36.8 Å². The van der Waals surface area contributed by atoms with Gasteiger partial charge >= 0.3 is 0 Å². The molecule has 0 unspecified atom stereocenters. The molecule has 4 rings (SSSR count). The third-order valence-electron chi connectivity index (χ3n) is 5.42. The predicted molar refractivity (Wildman–Crippen MR) is 113 cm³/mol. The van der Waals surface area contributed by atoms with Crippen LogP contribution in [0.5, 0.6) is 5.75 Å². The van der Waals surface area contributed by atoms with Crippen molar-refractivity contribution in [2.45, 2.75) is 40.2 Å². The number of anilines is 1. The molecule has 8 heteroatoms. The van der Waals surface area contributed by atoms with Crippen molar-refractivity contribution in [2.24, 2.45) is 5.92 Å². The number of ether oxygens (including phenoxy) is 1. The summed E-state index contributed by atoms with van der Waals surface area (Å²) in [5.74, 6) is 2.19. The lowest BCUT2D eigenvalue weighted by Gasteiger charge is -2.33. The van der Waals surface area contributed by atoms with E-state index in [1.807, 2.05) is 45.0 Å². The van der Waals surface area contributed by atoms with Crippen LogP contribution in [-0.2, 0) is 11.3 Å². The Hall–Kier alpha value is -3.16. The van der Waals surface area contributed by atoms with Crippen LogP contribution in [0.4, 0.5) is 5.82 Å². The van der Waals surface area contributed by atoms with Crippen molar-refractivity contribution in [3.8, 4) is 5.75 Å². The lowest BCUT2D eigenvalue weighted by molar-refractivity contribution is -0.125. The summed E-state index contributed by atoms with van der Waals surface area (Å²) in [4.78, 5) is 24.1. The van der Waals surface area contributed by atoms with Crippen LogP contribution in [-0.4, -0.2) is 40.7 Å². The molecule has 158 valence electrons. The number of hydrogen-bond acceptors (Lipinski definition) is 7. The third-order valence-corrected chi connectivity index (χ3v) is 5.42. The minimum absolute atomic E-state index is 0.0510. The molecule has 0 radical (unpaired) electrons. The van der Waals surface area contributed by atoms with Crippen molar-refractivity contribution in [3.05, 3.63) is 41.3 Å². The summed E-state index contributed by atoms with van der Waals surface area (Å²) < 4.78 is 11.0. The van der Waals surface area contributed by atoms with Crippen molar-refractivity contribution >= 4 is 22.8 Å². The second kappa shape index (κ2) is 8.69. The van der Waals surface area contributed by atoms with Crippen LogP contribution >= 0.6 is 0 Å². The summed E-state index contributed by atoms with van der Waals surface area (Å²) in [7, 11) is 0. The van der Waals surface area contributed by atoms with Crippen LogP contribution < -0.4 is 15.0 Å². The number of carbonyl (C=O) groups is 1. The number of para-hydroxylation sites is 1. The number of hydrogen-bond donors (Lipinski definition) is 1. The number of aromatic nitrogens is 3. The van der Waals surface area contributed by atoms with Gasteiger partial charge < -0.3 is 19.5 Å². The maximum atomic E-state index is 12.9. The number of aryl methyl sites for hydroxylation is 2. The summed E-state index contributed by atoms with van der Waals surface area (Å²) in [5.41, 5.74) is 2.24. The highest BCUT2D eigenvalue weighted by Crippen LogP contribution is 2.30. The highest BCUT2D eigenvalue weighted by molar-refractivity contribution is 5.88. The zero-order valence-electron chi connectivity index (χ0n) is 17.6. The van der Waals surface area contributed by atoms with Gasteiger partial charge in [0.1, 0.15) is 22.8 Å². The first-order valence-electron chi connectivity index (χ1n) is 10.4. The number of nitrogens with zero attached hydrogens (tertiary/aromatic N) is 4. The molecule has 8 nitrogen and oxygen atoms in total. The smallest absolute Gasteiger partial charge is 0.263 e. The fourth-order valence-electron chi connectivity index (χ4n) is 3.96. The van der Waals surface area contributed by atoms with Gasteiger partial charge in [-0.05, 0) is 39.7 Å². The molecule has 1 aliphatic rings. The molecule has 30 heavy (non-hydrogen) atoms. The molecule has 3 aromatic rings. The van der Waals surface area contributed by atoms with Crippen molar-refractivity contribution in [1.82, 2.24) is 20.4 Å². The van der Waals surface area contributed by atoms with Crippen LogP contribution in [0, 0.1) is 19.8 Å². The SMILES string of the molecule is CCOc1ccccc1CNC(=O)[C@@H]1CCCN(c2nc(C)nc3onc(C)c23)C1. The van der Waals surface area contributed by atoms with Gasteiger partial charge in [0.25, 0.3) is 5.71 Å². The fraction of sp³-hybridized carbons (Fsp3) is 0.455. The Morgan fingerprint density at radius 1 is 1.30 bits per heavy atom. The van der Waals surface area contributed by atoms with Crippen molar-refractivity contribution < 1.29 is 14.1 Å². The van der Waals surface area contributed by atoms with E-state index in [0.29, 0.717) is 31.2 Å². The standard InChI is InChI=1S/C22H27N5O3/c1-4-29-18-10-6-5-8-16(18)12-23-21(28)17-9-7-11-27(13-17)20-19-14(2)26-30-22(19)25-15(3)24-20/h5-6,8,10,17H,4,7,9,11-13H2,1-3H3,(H,23,28)/t17-/m1/s1. The molecule has 0 saturated carbocycles. The first-order chi connectivity index (χ1) is 14.6. The zero-order valence-corrected chi connectivity index (χ0v) is 17.6. The molecule has 1 aliphatic heterocycles. The number of piperidine rings is 1. The summed E-state index contributed by atoms with van der Waals surface area (Å²) in [5, 5.41) is 7.95. The van der Waals surface area contributed by atoms with E-state index in [0.717, 1.165) is 47.6 Å². The Kier molecular flexibility index (Phi) is 5.83. The van der Waals surface area contributed by atoms with Gasteiger partial charge in [-0.15, -0.1) is 0 Å². The molecule has 1 amide bonds. The van der Waals surface area contributed by atoms with Gasteiger partial charge in [0, 0.05) is 25.2 Å². The van der Waals surface area contributed by atoms with E-state index >= 15 is 0 Å². The molecule has 2 aromatic heterocycles. The molecule has 1 aromatic carbocycles. The quantitative estimate of drug-likeness (QED) is 0.668. The second-order valence-corrected chi connectivity index (χ2v) is 7.59. The molecule has 0 spiro atoms. The summed E-state index contributed by atoms with van der Waals surface area (Å²) in [6, 6.07) is 7.80. The fourth-order valence-corrected chi connectivity index (χ4v) is 3.96. The minimum atomic E-state index is -0.108. The molecule has 0 aliphatic carbocycles. The number of amides is 1. The Labute approximate surface area is 175 Å². The molecule has 3 heterocycles. The topological polar surface area (TPSA) is 93.4 Å². The van der Waals surface area contributed by atoms with Crippen molar-refractivity contribution in [2.75, 3.05) is 24.6 Å². The number of rotatable bonds is 6. The van der Waals surface area contributed by atoms with E-state index in [9.17, 15) is 4.79 Å². The Morgan fingerprint density at radius 2 is 2.13 bits per heavy atom. The van der Waals surface area contributed by atoms with E-state index in [4.69, 9.17) is 9.26 Å². The normalized spacial score (nSPS) is 16.6. The average Bonchev–Trinajstić information content (AvgIpc) is 3.13. The van der Waals surface area contributed by atoms with E-state index in [-0.39, 0.29) is 11.8 Å². The summed E-state index contributed by atoms with van der Waals surface area (Å²) in [6.07, 6.45) is 1.77. The molecule has 1 fully saturated rings. The largest absolute Gasteiger partial charge is 0.494 e. The second-order valence-electron chi connectivity index (χ2n) is 7.59. The van der Waals surface area contributed by atoms with Gasteiger partial charge in [-0.1, -0.05) is 23.4 Å². The number of nitrogens with one attached hydrogen (secondary N) is 1. The predicted octanol–water partition coefficient (Wildman–Crippen LogP) is 3.17. The Balaban J connectivity index is 1.47. The van der Waals surface area contributed by atoms with Gasteiger partial charge in [-0.25, -0.2) is 4.98 Å². The first-order valence-corrected chi connectivity index (χ1v) is 10.4. The van der Waals surface area contributed by atoms with Gasteiger partial charge in [0.2, 0.25) is 5.91 Å². The van der Waals surface area contributed by atoms with E-state index < -0.39 is 0 Å².